The largest absolute Gasteiger partial charge is 0.503 e. The molecular formula is C35H43FNO13P. The zero-order valence-electron chi connectivity index (χ0n) is 29.1. The summed E-state index contributed by atoms with van der Waals surface area (Å²) in [6, 6.07) is 0. The number of anilines is 1. The number of benzene rings is 1. The monoisotopic (exact) mass is 735 g/mol. The summed E-state index contributed by atoms with van der Waals surface area (Å²) >= 11 is 0. The summed E-state index contributed by atoms with van der Waals surface area (Å²) in [7, 11) is -2.76. The second kappa shape index (κ2) is 13.2. The molecule has 1 aromatic rings. The number of phenols is 2. The van der Waals surface area contributed by atoms with Crippen molar-refractivity contribution in [1.82, 2.24) is 0 Å². The molecule has 4 aliphatic carbocycles. The van der Waals surface area contributed by atoms with Gasteiger partial charge < -0.3 is 40.2 Å². The lowest BCUT2D eigenvalue weighted by Crippen LogP contribution is -2.69. The van der Waals surface area contributed by atoms with Gasteiger partial charge >= 0.3 is 13.8 Å². The van der Waals surface area contributed by atoms with Gasteiger partial charge in [-0.15, -0.1) is 0 Å². The van der Waals surface area contributed by atoms with E-state index in [1.807, 2.05) is 0 Å². The van der Waals surface area contributed by atoms with Gasteiger partial charge in [0.25, 0.3) is 0 Å². The van der Waals surface area contributed by atoms with Gasteiger partial charge in [-0.1, -0.05) is 43.4 Å². The third-order valence-electron chi connectivity index (χ3n) is 11.6. The number of hydrogen-bond donors (Lipinski definition) is 5. The molecule has 2 saturated carbocycles. The third kappa shape index (κ3) is 5.81. The Kier molecular flexibility index (Phi) is 9.94. The zero-order chi connectivity index (χ0) is 37.9. The van der Waals surface area contributed by atoms with E-state index >= 15 is 4.39 Å². The highest BCUT2D eigenvalue weighted by Crippen LogP contribution is 2.72. The molecule has 51 heavy (non-hydrogen) atoms. The van der Waals surface area contributed by atoms with Gasteiger partial charge in [0.1, 0.15) is 18.3 Å². The molecule has 0 aromatic heterocycles. The van der Waals surface area contributed by atoms with Crippen LogP contribution in [0.4, 0.5) is 10.1 Å². The first-order valence-electron chi connectivity index (χ1n) is 16.3. The van der Waals surface area contributed by atoms with Gasteiger partial charge in [0.15, 0.2) is 29.6 Å². The molecule has 5 rings (SSSR count). The van der Waals surface area contributed by atoms with E-state index in [0.29, 0.717) is 5.57 Å². The van der Waals surface area contributed by atoms with Crippen molar-refractivity contribution in [3.05, 3.63) is 29.4 Å². The summed E-state index contributed by atoms with van der Waals surface area (Å²) in [6.07, 6.45) is 2.56. The highest BCUT2D eigenvalue weighted by molar-refractivity contribution is 7.47. The molecule has 0 amide bonds. The number of ether oxygens (including phenoxy) is 3. The first-order valence-corrected chi connectivity index (χ1v) is 17.8. The Morgan fingerprint density at radius 2 is 1.78 bits per heavy atom. The summed E-state index contributed by atoms with van der Waals surface area (Å²) in [5.41, 5.74) is -1.71. The van der Waals surface area contributed by atoms with Gasteiger partial charge in [-0.2, -0.15) is 0 Å². The molecule has 0 aliphatic heterocycles. The highest BCUT2D eigenvalue weighted by atomic mass is 31.2. The Morgan fingerprint density at radius 3 is 2.41 bits per heavy atom. The predicted octanol–water partition coefficient (Wildman–Crippen LogP) is 3.67. The van der Waals surface area contributed by atoms with Crippen LogP contribution in [0, 0.1) is 40.4 Å². The van der Waals surface area contributed by atoms with Crippen LogP contribution in [0.15, 0.2) is 23.8 Å². The van der Waals surface area contributed by atoms with E-state index in [1.54, 1.807) is 26.8 Å². The number of aliphatic hydroxyl groups is 1. The third-order valence-corrected chi connectivity index (χ3v) is 12.5. The number of esters is 1. The number of ketones is 2. The van der Waals surface area contributed by atoms with Gasteiger partial charge in [0, 0.05) is 30.1 Å². The molecule has 16 heteroatoms. The average molecular weight is 736 g/mol. The molecule has 0 spiro atoms. The van der Waals surface area contributed by atoms with E-state index in [4.69, 9.17) is 29.0 Å². The average Bonchev–Trinajstić information content (AvgIpc) is 3.26. The second-order valence-electron chi connectivity index (χ2n) is 14.0. The van der Waals surface area contributed by atoms with E-state index < -0.39 is 96.7 Å². The maximum atomic E-state index is 18.4. The molecule has 0 saturated heterocycles. The Hall–Kier alpha value is -3.93. The highest BCUT2D eigenvalue weighted by Gasteiger charge is 2.76. The summed E-state index contributed by atoms with van der Waals surface area (Å²) in [5.74, 6) is -0.852. The van der Waals surface area contributed by atoms with Crippen LogP contribution >= 0.6 is 7.82 Å². The predicted molar refractivity (Wildman–Crippen MR) is 178 cm³/mol. The number of phosphoric acid groups is 1. The molecule has 278 valence electrons. The SMILES string of the molecule is COc1c(O)c(N)c(C#CCOP(=O)(O)O[C@H]2C[C@@]3(C)[C@H](C[C@H](C)C3(O)C(=O)COC(C)=O)[C@@H]3CC=C4CC(=O)C=C[C@]4(C)[C@]23F)c(O)c1OC. The number of aromatic hydroxyl groups is 2. The van der Waals surface area contributed by atoms with Gasteiger partial charge in [0.05, 0.1) is 25.5 Å². The molecule has 0 bridgehead atoms. The van der Waals surface area contributed by atoms with Crippen LogP contribution in [-0.2, 0) is 32.7 Å². The van der Waals surface area contributed by atoms with E-state index in [9.17, 15) is 39.2 Å². The number of phenolic OH excluding ortho intramolecular Hbond substituents is 2. The van der Waals surface area contributed by atoms with Crippen molar-refractivity contribution in [3.63, 3.8) is 0 Å². The minimum Gasteiger partial charge on any atom is -0.503 e. The van der Waals surface area contributed by atoms with Crippen LogP contribution in [-0.4, -0.2) is 82.6 Å². The maximum absolute atomic E-state index is 18.4. The van der Waals surface area contributed by atoms with Crippen molar-refractivity contribution >= 4 is 31.0 Å². The Bertz CT molecular complexity index is 1830. The zero-order valence-corrected chi connectivity index (χ0v) is 30.0. The van der Waals surface area contributed by atoms with Crippen LogP contribution in [0.25, 0.3) is 0 Å². The van der Waals surface area contributed by atoms with Gasteiger partial charge in [-0.05, 0) is 44.1 Å². The minimum atomic E-state index is -5.19. The quantitative estimate of drug-likeness (QED) is 0.0465. The molecule has 4 aliphatic rings. The van der Waals surface area contributed by atoms with Crippen LogP contribution in [0.3, 0.4) is 0 Å². The van der Waals surface area contributed by atoms with E-state index in [2.05, 4.69) is 11.8 Å². The van der Waals surface area contributed by atoms with Crippen molar-refractivity contribution in [1.29, 1.82) is 0 Å². The lowest BCUT2D eigenvalue weighted by molar-refractivity contribution is -0.212. The molecule has 2 unspecified atom stereocenters. The summed E-state index contributed by atoms with van der Waals surface area (Å²) in [4.78, 5) is 48.6. The molecule has 0 heterocycles. The number of alkyl halides is 1. The van der Waals surface area contributed by atoms with Crippen molar-refractivity contribution in [3.8, 4) is 34.8 Å². The second-order valence-corrected chi connectivity index (χ2v) is 15.4. The topological polar surface area (TPSA) is 221 Å². The Labute approximate surface area is 294 Å². The van der Waals surface area contributed by atoms with Crippen molar-refractivity contribution in [2.45, 2.75) is 70.8 Å². The minimum absolute atomic E-state index is 0.0637. The molecule has 14 nitrogen and oxygen atoms in total. The number of hydrogen-bond acceptors (Lipinski definition) is 13. The first-order chi connectivity index (χ1) is 23.7. The van der Waals surface area contributed by atoms with Crippen LogP contribution in [0.5, 0.6) is 23.0 Å². The normalized spacial score (nSPS) is 34.8. The smallest absolute Gasteiger partial charge is 0.473 e. The number of carbonyl (C=O) groups is 3. The summed E-state index contributed by atoms with van der Waals surface area (Å²) in [6.45, 7) is 4.45. The van der Waals surface area contributed by atoms with E-state index in [1.165, 1.54) is 26.4 Å². The fourth-order valence-corrected chi connectivity index (χ4v) is 9.87. The maximum Gasteiger partial charge on any atom is 0.473 e. The van der Waals surface area contributed by atoms with Crippen LogP contribution < -0.4 is 15.2 Å². The lowest BCUT2D eigenvalue weighted by atomic mass is 9.45. The molecule has 1 aromatic carbocycles. The van der Waals surface area contributed by atoms with Gasteiger partial charge in [0.2, 0.25) is 17.3 Å². The lowest BCUT2D eigenvalue weighted by Gasteiger charge is -2.62. The van der Waals surface area contributed by atoms with Crippen LogP contribution in [0.2, 0.25) is 0 Å². The summed E-state index contributed by atoms with van der Waals surface area (Å²) < 4.78 is 57.9. The number of rotatable bonds is 9. The molecular weight excluding hydrogens is 692 g/mol. The van der Waals surface area contributed by atoms with Crippen molar-refractivity contribution in [2.24, 2.45) is 28.6 Å². The Morgan fingerprint density at radius 1 is 1.14 bits per heavy atom. The first kappa shape index (κ1) is 38.3. The molecule has 2 fully saturated rings. The molecule has 9 atom stereocenters. The van der Waals surface area contributed by atoms with Crippen molar-refractivity contribution < 1.29 is 66.8 Å². The number of fused-ring (bicyclic) bond motifs is 5. The van der Waals surface area contributed by atoms with Crippen LogP contribution in [0.1, 0.15) is 58.9 Å². The van der Waals surface area contributed by atoms with Crippen molar-refractivity contribution in [2.75, 3.05) is 33.2 Å². The number of methoxy groups -OCH3 is 2. The fourth-order valence-electron chi connectivity index (χ4n) is 9.03. The van der Waals surface area contributed by atoms with E-state index in [-0.39, 0.29) is 47.8 Å². The molecule has 0 radical (unpaired) electrons. The van der Waals surface area contributed by atoms with Gasteiger partial charge in [-0.25, -0.2) is 8.96 Å². The number of phosphoric ester groups is 1. The standard InChI is InChI=1S/C35H43FNO13P/c1-18-14-24-23-10-9-20-15-21(39)11-12-32(20,3)34(23,36)26(16-33(24,4)35(18,43)25(40)17-48-19(2)38)50-51(44,45)49-13-7-8-22-27(37)29(42)31(47-6)30(46-5)28(22)41/h9,11-12,18,23-24,26,41-43H,10,13-17,37H2,1-6H3,(H,44,45)/t18-,23-,24+,26-,32-,33-,34+,35?/m0/s1. The molecule has 6 N–H and O–H groups in total. The fraction of sp³-hybridized carbons (Fsp3) is 0.571. The Balaban J connectivity index is 1.51. The van der Waals surface area contributed by atoms with Gasteiger partial charge in [-0.3, -0.25) is 23.4 Å². The number of Topliss-reactive ketones (excluding diaryl/α,β-unsaturated/α-hetero) is 1. The number of allylic oxidation sites excluding steroid dienone is 4. The number of nitrogen functional groups attached to an aromatic ring is 1. The van der Waals surface area contributed by atoms with E-state index in [0.717, 1.165) is 6.92 Å². The summed E-state index contributed by atoms with van der Waals surface area (Å²) in [5, 5.41) is 33.2. The number of nitrogens with two attached hydrogens (primary N) is 1. The number of carbonyl (C=O) groups excluding carboxylic acids is 3. The number of halogens is 1.